The minimum atomic E-state index is -0.0752. The van der Waals surface area contributed by atoms with Gasteiger partial charge >= 0.3 is 0 Å². The highest BCUT2D eigenvalue weighted by molar-refractivity contribution is 6.30. The molecule has 1 unspecified atom stereocenters. The van der Waals surface area contributed by atoms with Gasteiger partial charge in [0.05, 0.1) is 11.4 Å². The van der Waals surface area contributed by atoms with Crippen LogP contribution in [0.25, 0.3) is 0 Å². The second-order valence-corrected chi connectivity index (χ2v) is 8.62. The van der Waals surface area contributed by atoms with E-state index in [0.29, 0.717) is 18.7 Å². The van der Waals surface area contributed by atoms with Crippen molar-refractivity contribution in [1.82, 2.24) is 4.90 Å². The van der Waals surface area contributed by atoms with Crippen molar-refractivity contribution in [3.8, 4) is 0 Å². The van der Waals surface area contributed by atoms with Crippen molar-refractivity contribution in [2.75, 3.05) is 47.8 Å². The normalized spacial score (nSPS) is 21.0. The fraction of sp³-hybridized carbons (Fsp3) is 0.391. The zero-order valence-corrected chi connectivity index (χ0v) is 17.6. The third-order valence-electron chi connectivity index (χ3n) is 6.37. The summed E-state index contributed by atoms with van der Waals surface area (Å²) in [5.41, 5.74) is 3.54. The highest BCUT2D eigenvalue weighted by atomic mass is 35.5. The SMILES string of the molecule is O=C1Nc2cc(C(=O)N3CCN(c4ccc(Cl)cc4)CC3)ccc2N2CCCCC12. The molecule has 6 nitrogen and oxygen atoms in total. The highest BCUT2D eigenvalue weighted by Crippen LogP contribution is 2.36. The van der Waals surface area contributed by atoms with Crippen molar-refractivity contribution >= 4 is 40.5 Å². The van der Waals surface area contributed by atoms with Gasteiger partial charge < -0.3 is 20.0 Å². The molecule has 2 fully saturated rings. The Bertz CT molecular complexity index is 970. The Hall–Kier alpha value is -2.73. The van der Waals surface area contributed by atoms with Gasteiger partial charge in [-0.15, -0.1) is 0 Å². The molecule has 3 aliphatic heterocycles. The number of nitrogens with one attached hydrogen (secondary N) is 1. The Morgan fingerprint density at radius 2 is 1.73 bits per heavy atom. The summed E-state index contributed by atoms with van der Waals surface area (Å²) >= 11 is 5.98. The smallest absolute Gasteiger partial charge is 0.254 e. The molecule has 2 aromatic carbocycles. The van der Waals surface area contributed by atoms with Crippen LogP contribution >= 0.6 is 11.6 Å². The van der Waals surface area contributed by atoms with Crippen LogP contribution in [0, 0.1) is 0 Å². The van der Waals surface area contributed by atoms with Crippen molar-refractivity contribution < 1.29 is 9.59 Å². The van der Waals surface area contributed by atoms with Gasteiger partial charge in [0.25, 0.3) is 5.91 Å². The molecule has 2 saturated heterocycles. The summed E-state index contributed by atoms with van der Waals surface area (Å²) in [6.45, 7) is 3.79. The fourth-order valence-corrected chi connectivity index (χ4v) is 4.86. The zero-order chi connectivity index (χ0) is 20.7. The Morgan fingerprint density at radius 3 is 2.50 bits per heavy atom. The number of amides is 2. The summed E-state index contributed by atoms with van der Waals surface area (Å²) in [4.78, 5) is 32.0. The summed E-state index contributed by atoms with van der Waals surface area (Å²) in [5, 5.41) is 3.74. The standard InChI is InChI=1S/C23H25ClN4O2/c24-17-5-7-18(8-6-17)26-11-13-27(14-12-26)23(30)16-4-9-20-19(15-16)25-22(29)21-3-1-2-10-28(20)21/h4-9,15,21H,1-3,10-14H2,(H,25,29). The summed E-state index contributed by atoms with van der Waals surface area (Å²) < 4.78 is 0. The number of piperazine rings is 1. The van der Waals surface area contributed by atoms with Gasteiger partial charge in [-0.25, -0.2) is 0 Å². The van der Waals surface area contributed by atoms with Crippen molar-refractivity contribution in [1.29, 1.82) is 0 Å². The topological polar surface area (TPSA) is 55.9 Å². The molecule has 3 aliphatic rings. The van der Waals surface area contributed by atoms with Crippen LogP contribution in [0.4, 0.5) is 17.1 Å². The van der Waals surface area contributed by atoms with Gasteiger partial charge in [0.1, 0.15) is 6.04 Å². The van der Waals surface area contributed by atoms with E-state index in [1.807, 2.05) is 47.4 Å². The molecule has 2 amide bonds. The first kappa shape index (κ1) is 19.2. The van der Waals surface area contributed by atoms with E-state index in [9.17, 15) is 9.59 Å². The fourth-order valence-electron chi connectivity index (χ4n) is 4.73. The molecule has 30 heavy (non-hydrogen) atoms. The number of fused-ring (bicyclic) bond motifs is 3. The Labute approximate surface area is 181 Å². The van der Waals surface area contributed by atoms with Crippen molar-refractivity contribution in [3.63, 3.8) is 0 Å². The largest absolute Gasteiger partial charge is 0.368 e. The summed E-state index contributed by atoms with van der Waals surface area (Å²) in [5.74, 6) is 0.0620. The zero-order valence-electron chi connectivity index (χ0n) is 16.8. The Morgan fingerprint density at radius 1 is 0.967 bits per heavy atom. The second-order valence-electron chi connectivity index (χ2n) is 8.18. The highest BCUT2D eigenvalue weighted by Gasteiger charge is 2.35. The molecule has 3 heterocycles. The van der Waals surface area contributed by atoms with Crippen LogP contribution in [0.3, 0.4) is 0 Å². The minimum Gasteiger partial charge on any atom is -0.368 e. The van der Waals surface area contributed by atoms with Crippen LogP contribution in [0.2, 0.25) is 5.02 Å². The first-order chi connectivity index (χ1) is 14.6. The summed E-state index contributed by atoms with van der Waals surface area (Å²) in [6.07, 6.45) is 3.08. The van der Waals surface area contributed by atoms with Gasteiger partial charge in [0.2, 0.25) is 5.91 Å². The maximum atomic E-state index is 13.1. The first-order valence-corrected chi connectivity index (χ1v) is 11.0. The van der Waals surface area contributed by atoms with E-state index in [1.54, 1.807) is 0 Å². The van der Waals surface area contributed by atoms with Crippen molar-refractivity contribution in [3.05, 3.63) is 53.1 Å². The van der Waals surface area contributed by atoms with Crippen LogP contribution in [0.5, 0.6) is 0 Å². The molecule has 2 aromatic rings. The van der Waals surface area contributed by atoms with E-state index in [4.69, 9.17) is 11.6 Å². The van der Waals surface area contributed by atoms with Gasteiger partial charge in [-0.1, -0.05) is 11.6 Å². The predicted octanol–water partition coefficient (Wildman–Crippen LogP) is 3.61. The van der Waals surface area contributed by atoms with E-state index in [-0.39, 0.29) is 17.9 Å². The van der Waals surface area contributed by atoms with Gasteiger partial charge in [-0.2, -0.15) is 0 Å². The molecule has 156 valence electrons. The minimum absolute atomic E-state index is 0.0172. The average molecular weight is 425 g/mol. The average Bonchev–Trinajstić information content (AvgIpc) is 2.79. The lowest BCUT2D eigenvalue weighted by Gasteiger charge is -2.41. The lowest BCUT2D eigenvalue weighted by molar-refractivity contribution is -0.118. The summed E-state index contributed by atoms with van der Waals surface area (Å²) in [6, 6.07) is 13.5. The number of piperidine rings is 1. The monoisotopic (exact) mass is 424 g/mol. The van der Waals surface area contributed by atoms with E-state index < -0.39 is 0 Å². The van der Waals surface area contributed by atoms with E-state index in [2.05, 4.69) is 15.1 Å². The number of hydrogen-bond donors (Lipinski definition) is 1. The van der Waals surface area contributed by atoms with Gasteiger partial charge in [0, 0.05) is 49.0 Å². The molecule has 5 rings (SSSR count). The lowest BCUT2D eigenvalue weighted by atomic mass is 9.96. The third kappa shape index (κ3) is 3.49. The molecule has 1 atom stereocenters. The van der Waals surface area contributed by atoms with Gasteiger partial charge in [0.15, 0.2) is 0 Å². The number of carbonyl (C=O) groups is 2. The number of hydrogen-bond acceptors (Lipinski definition) is 4. The van der Waals surface area contributed by atoms with Crippen LogP contribution < -0.4 is 15.1 Å². The van der Waals surface area contributed by atoms with Crippen LogP contribution in [-0.4, -0.2) is 55.5 Å². The van der Waals surface area contributed by atoms with Crippen LogP contribution in [0.15, 0.2) is 42.5 Å². The first-order valence-electron chi connectivity index (χ1n) is 10.6. The molecular formula is C23H25ClN4O2. The number of benzene rings is 2. The lowest BCUT2D eigenvalue weighted by Crippen LogP contribution is -2.50. The molecule has 0 spiro atoms. The number of anilines is 3. The van der Waals surface area contributed by atoms with Crippen molar-refractivity contribution in [2.45, 2.75) is 25.3 Å². The number of halogens is 1. The van der Waals surface area contributed by atoms with Crippen molar-refractivity contribution in [2.24, 2.45) is 0 Å². The molecule has 0 saturated carbocycles. The maximum Gasteiger partial charge on any atom is 0.254 e. The van der Waals surface area contributed by atoms with Crippen LogP contribution in [-0.2, 0) is 4.79 Å². The van der Waals surface area contributed by atoms with E-state index in [0.717, 1.165) is 61.0 Å². The van der Waals surface area contributed by atoms with Crippen LogP contribution in [0.1, 0.15) is 29.6 Å². The molecule has 1 N–H and O–H groups in total. The quantitative estimate of drug-likeness (QED) is 0.800. The Kier molecular flexibility index (Phi) is 5.03. The maximum absolute atomic E-state index is 13.1. The second kappa shape index (κ2) is 7.84. The predicted molar refractivity (Wildman–Crippen MR) is 120 cm³/mol. The molecule has 0 radical (unpaired) electrons. The molecule has 0 aliphatic carbocycles. The number of rotatable bonds is 2. The summed E-state index contributed by atoms with van der Waals surface area (Å²) in [7, 11) is 0. The van der Waals surface area contributed by atoms with Gasteiger partial charge in [-0.3, -0.25) is 9.59 Å². The molecule has 0 bridgehead atoms. The third-order valence-corrected chi connectivity index (χ3v) is 6.63. The number of carbonyl (C=O) groups excluding carboxylic acids is 2. The van der Waals surface area contributed by atoms with E-state index >= 15 is 0 Å². The van der Waals surface area contributed by atoms with Gasteiger partial charge in [-0.05, 0) is 61.7 Å². The van der Waals surface area contributed by atoms with E-state index in [1.165, 1.54) is 0 Å². The molecule has 7 heteroatoms. The molecular weight excluding hydrogens is 400 g/mol. The molecule has 0 aromatic heterocycles. The Balaban J connectivity index is 1.29. The number of nitrogens with zero attached hydrogens (tertiary/aromatic N) is 3.